The van der Waals surface area contributed by atoms with Gasteiger partial charge in [0.2, 0.25) is 0 Å². The summed E-state index contributed by atoms with van der Waals surface area (Å²) in [6, 6.07) is 4.95. The Labute approximate surface area is 155 Å². The van der Waals surface area contributed by atoms with Crippen molar-refractivity contribution >= 4 is 28.3 Å². The van der Waals surface area contributed by atoms with Crippen LogP contribution in [0.5, 0.6) is 0 Å². The summed E-state index contributed by atoms with van der Waals surface area (Å²) in [4.78, 5) is 6.09. The predicted octanol–water partition coefficient (Wildman–Crippen LogP) is 4.08. The number of pyridine rings is 1. The molecule has 26 heavy (non-hydrogen) atoms. The first-order valence-corrected chi connectivity index (χ1v) is 9.08. The van der Waals surface area contributed by atoms with Gasteiger partial charge in [0.25, 0.3) is 0 Å². The molecule has 0 atom stereocenters. The number of piperidine rings is 1. The zero-order chi connectivity index (χ0) is 18.1. The molecule has 1 saturated heterocycles. The van der Waals surface area contributed by atoms with Crippen LogP contribution in [0.15, 0.2) is 36.8 Å². The van der Waals surface area contributed by atoms with Gasteiger partial charge in [-0.05, 0) is 37.5 Å². The lowest BCUT2D eigenvalue weighted by atomic mass is 10.1. The van der Waals surface area contributed by atoms with Crippen LogP contribution in [0.3, 0.4) is 0 Å². The average molecular weight is 372 g/mol. The van der Waals surface area contributed by atoms with E-state index in [0.29, 0.717) is 22.0 Å². The predicted molar refractivity (Wildman–Crippen MR) is 100 cm³/mol. The summed E-state index contributed by atoms with van der Waals surface area (Å²) < 4.78 is 16.5. The van der Waals surface area contributed by atoms with Gasteiger partial charge in [0.15, 0.2) is 0 Å². The standard InChI is InChI=1S/C19H19ClFN5/c20-16-8-14(19(22)25-6-2-1-3-7-25)9-17(21)15(16)12-26-18-11-23-5-4-13(18)10-24-26/h4-5,8-11,22H,1-3,6-7,12H2. The van der Waals surface area contributed by atoms with E-state index in [9.17, 15) is 4.39 Å². The normalized spacial score (nSPS) is 14.8. The third-order valence-electron chi connectivity index (χ3n) is 4.84. The van der Waals surface area contributed by atoms with Gasteiger partial charge in [0.05, 0.1) is 24.5 Å². The molecule has 5 nitrogen and oxygen atoms in total. The van der Waals surface area contributed by atoms with Crippen molar-refractivity contribution in [2.45, 2.75) is 25.8 Å². The number of amidine groups is 1. The molecule has 1 aromatic carbocycles. The van der Waals surface area contributed by atoms with Crippen LogP contribution in [0.1, 0.15) is 30.4 Å². The minimum atomic E-state index is -0.415. The van der Waals surface area contributed by atoms with Crippen LogP contribution in [-0.4, -0.2) is 38.6 Å². The molecule has 3 aromatic rings. The second kappa shape index (κ2) is 7.03. The van der Waals surface area contributed by atoms with Gasteiger partial charge in [-0.25, -0.2) is 4.39 Å². The molecule has 1 fully saturated rings. The Hall–Kier alpha value is -2.47. The summed E-state index contributed by atoms with van der Waals surface area (Å²) in [7, 11) is 0. The van der Waals surface area contributed by atoms with E-state index >= 15 is 0 Å². The van der Waals surface area contributed by atoms with Crippen molar-refractivity contribution in [3.63, 3.8) is 0 Å². The largest absolute Gasteiger partial charge is 0.357 e. The third-order valence-corrected chi connectivity index (χ3v) is 5.18. The lowest BCUT2D eigenvalue weighted by molar-refractivity contribution is 0.341. The van der Waals surface area contributed by atoms with Crippen molar-refractivity contribution in [3.05, 3.63) is 58.8 Å². The van der Waals surface area contributed by atoms with Crippen LogP contribution in [0, 0.1) is 11.2 Å². The molecule has 4 rings (SSSR count). The summed E-state index contributed by atoms with van der Waals surface area (Å²) in [6.07, 6.45) is 8.44. The highest BCUT2D eigenvalue weighted by atomic mass is 35.5. The number of rotatable bonds is 3. The molecule has 0 spiro atoms. The number of nitrogens with zero attached hydrogens (tertiary/aromatic N) is 4. The highest BCUT2D eigenvalue weighted by molar-refractivity contribution is 6.31. The maximum Gasteiger partial charge on any atom is 0.130 e. The molecule has 2 aromatic heterocycles. The minimum Gasteiger partial charge on any atom is -0.357 e. The van der Waals surface area contributed by atoms with Gasteiger partial charge in [-0.1, -0.05) is 11.6 Å². The quantitative estimate of drug-likeness (QED) is 0.557. The number of fused-ring (bicyclic) bond motifs is 1. The van der Waals surface area contributed by atoms with Crippen molar-refractivity contribution in [2.24, 2.45) is 0 Å². The summed E-state index contributed by atoms with van der Waals surface area (Å²) in [5.41, 5.74) is 1.72. The van der Waals surface area contributed by atoms with Crippen molar-refractivity contribution in [1.29, 1.82) is 5.41 Å². The summed E-state index contributed by atoms with van der Waals surface area (Å²) >= 11 is 6.37. The molecule has 7 heteroatoms. The lowest BCUT2D eigenvalue weighted by Crippen LogP contribution is -2.35. The van der Waals surface area contributed by atoms with E-state index in [2.05, 4.69) is 10.1 Å². The second-order valence-corrected chi connectivity index (χ2v) is 6.96. The first kappa shape index (κ1) is 17.0. The van der Waals surface area contributed by atoms with Crippen LogP contribution in [0.25, 0.3) is 10.9 Å². The first-order chi connectivity index (χ1) is 12.6. The van der Waals surface area contributed by atoms with E-state index in [4.69, 9.17) is 17.0 Å². The summed E-state index contributed by atoms with van der Waals surface area (Å²) in [5, 5.41) is 13.9. The van der Waals surface area contributed by atoms with Crippen LogP contribution < -0.4 is 0 Å². The Morgan fingerprint density at radius 1 is 1.19 bits per heavy atom. The van der Waals surface area contributed by atoms with E-state index in [1.807, 2.05) is 11.0 Å². The van der Waals surface area contributed by atoms with Gasteiger partial charge in [0.1, 0.15) is 11.7 Å². The zero-order valence-electron chi connectivity index (χ0n) is 14.3. The molecule has 3 heterocycles. The molecule has 1 aliphatic heterocycles. The minimum absolute atomic E-state index is 0.219. The molecule has 0 aliphatic carbocycles. The summed E-state index contributed by atoms with van der Waals surface area (Å²) in [6.45, 7) is 1.90. The highest BCUT2D eigenvalue weighted by Crippen LogP contribution is 2.25. The number of benzene rings is 1. The van der Waals surface area contributed by atoms with Crippen LogP contribution in [0.4, 0.5) is 4.39 Å². The van der Waals surface area contributed by atoms with Gasteiger partial charge >= 0.3 is 0 Å². The third kappa shape index (κ3) is 3.17. The fraction of sp³-hybridized carbons (Fsp3) is 0.316. The smallest absolute Gasteiger partial charge is 0.130 e. The molecule has 0 saturated carbocycles. The topological polar surface area (TPSA) is 57.8 Å². The van der Waals surface area contributed by atoms with Crippen molar-refractivity contribution in [3.8, 4) is 0 Å². The summed E-state index contributed by atoms with van der Waals surface area (Å²) in [5.74, 6) is -0.0763. The molecule has 1 aliphatic rings. The Bertz CT molecular complexity index is 938. The SMILES string of the molecule is N=C(c1cc(F)c(Cn2ncc3ccncc32)c(Cl)c1)N1CCCCC1. The van der Waals surface area contributed by atoms with Crippen molar-refractivity contribution in [2.75, 3.05) is 13.1 Å². The maximum atomic E-state index is 14.8. The Kier molecular flexibility index (Phi) is 4.59. The fourth-order valence-corrected chi connectivity index (χ4v) is 3.65. The average Bonchev–Trinajstić information content (AvgIpc) is 3.07. The van der Waals surface area contributed by atoms with Crippen molar-refractivity contribution in [1.82, 2.24) is 19.7 Å². The number of likely N-dealkylation sites (tertiary alicyclic amines) is 1. The van der Waals surface area contributed by atoms with Gasteiger partial charge in [-0.2, -0.15) is 5.10 Å². The van der Waals surface area contributed by atoms with E-state index < -0.39 is 5.82 Å². The molecule has 1 N–H and O–H groups in total. The van der Waals surface area contributed by atoms with Crippen LogP contribution in [0.2, 0.25) is 5.02 Å². The lowest BCUT2D eigenvalue weighted by Gasteiger charge is -2.29. The van der Waals surface area contributed by atoms with Crippen LogP contribution in [-0.2, 0) is 6.54 Å². The number of aromatic nitrogens is 3. The Morgan fingerprint density at radius 3 is 2.77 bits per heavy atom. The van der Waals surface area contributed by atoms with E-state index in [0.717, 1.165) is 36.8 Å². The maximum absolute atomic E-state index is 14.8. The molecule has 134 valence electrons. The van der Waals surface area contributed by atoms with Gasteiger partial charge in [0, 0.05) is 40.8 Å². The van der Waals surface area contributed by atoms with E-state index in [1.165, 1.54) is 12.5 Å². The van der Waals surface area contributed by atoms with E-state index in [1.54, 1.807) is 29.3 Å². The first-order valence-electron chi connectivity index (χ1n) is 8.71. The molecular formula is C19H19ClFN5. The number of hydrogen-bond donors (Lipinski definition) is 1. The molecule has 0 unspecified atom stereocenters. The van der Waals surface area contributed by atoms with Gasteiger partial charge in [-0.15, -0.1) is 0 Å². The number of nitrogens with one attached hydrogen (secondary N) is 1. The Morgan fingerprint density at radius 2 is 2.00 bits per heavy atom. The fourth-order valence-electron chi connectivity index (χ4n) is 3.38. The highest BCUT2D eigenvalue weighted by Gasteiger charge is 2.19. The second-order valence-electron chi connectivity index (χ2n) is 6.55. The number of halogens is 2. The zero-order valence-corrected chi connectivity index (χ0v) is 15.0. The van der Waals surface area contributed by atoms with Gasteiger partial charge < -0.3 is 4.90 Å². The monoisotopic (exact) mass is 371 g/mol. The van der Waals surface area contributed by atoms with Gasteiger partial charge in [-0.3, -0.25) is 15.1 Å². The number of hydrogen-bond acceptors (Lipinski definition) is 3. The Balaban J connectivity index is 1.62. The van der Waals surface area contributed by atoms with E-state index in [-0.39, 0.29) is 6.54 Å². The molecule has 0 amide bonds. The molecule has 0 bridgehead atoms. The van der Waals surface area contributed by atoms with Crippen molar-refractivity contribution < 1.29 is 4.39 Å². The molecule has 0 radical (unpaired) electrons. The van der Waals surface area contributed by atoms with Crippen LogP contribution >= 0.6 is 11.6 Å². The molecular weight excluding hydrogens is 353 g/mol.